The Kier molecular flexibility index (Phi) is 6.62. The van der Waals surface area contributed by atoms with E-state index in [9.17, 15) is 4.39 Å². The van der Waals surface area contributed by atoms with Crippen LogP contribution in [0, 0.1) is 5.82 Å². The summed E-state index contributed by atoms with van der Waals surface area (Å²) in [5.74, 6) is -0.182. The highest BCUT2D eigenvalue weighted by Crippen LogP contribution is 2.25. The molecule has 0 saturated carbocycles. The zero-order valence-corrected chi connectivity index (χ0v) is 14.7. The molecule has 114 valence electrons. The standard InChI is InChI=1S/C16H26BrFN2/c1-6-20(7-2)16(3,4)15(19-5)11-12-10-13(18)8-9-14(12)17/h8-10,15,19H,6-7,11H2,1-5H3. The van der Waals surface area contributed by atoms with Gasteiger partial charge in [-0.05, 0) is 64.2 Å². The number of nitrogens with one attached hydrogen (secondary N) is 1. The smallest absolute Gasteiger partial charge is 0.123 e. The SMILES string of the molecule is CCN(CC)C(C)(C)C(Cc1cc(F)ccc1Br)NC. The molecular formula is C16H26BrFN2. The minimum atomic E-state index is -0.182. The molecule has 0 amide bonds. The van der Waals surface area contributed by atoms with Crippen molar-refractivity contribution in [1.29, 1.82) is 0 Å². The van der Waals surface area contributed by atoms with Crippen LogP contribution in [-0.4, -0.2) is 36.6 Å². The summed E-state index contributed by atoms with van der Waals surface area (Å²) in [7, 11) is 1.98. The van der Waals surface area contributed by atoms with E-state index in [-0.39, 0.29) is 17.4 Å². The van der Waals surface area contributed by atoms with Crippen LogP contribution in [0.1, 0.15) is 33.3 Å². The van der Waals surface area contributed by atoms with Gasteiger partial charge in [0.15, 0.2) is 0 Å². The van der Waals surface area contributed by atoms with Crippen LogP contribution in [0.5, 0.6) is 0 Å². The van der Waals surface area contributed by atoms with Crippen LogP contribution >= 0.6 is 15.9 Å². The highest BCUT2D eigenvalue weighted by molar-refractivity contribution is 9.10. The summed E-state index contributed by atoms with van der Waals surface area (Å²) in [6.07, 6.45) is 0.790. The van der Waals surface area contributed by atoms with E-state index in [1.54, 1.807) is 12.1 Å². The number of likely N-dealkylation sites (N-methyl/N-ethyl adjacent to an activating group) is 2. The Balaban J connectivity index is 2.99. The molecule has 1 unspecified atom stereocenters. The van der Waals surface area contributed by atoms with E-state index in [1.807, 2.05) is 7.05 Å². The Hall–Kier alpha value is -0.450. The molecule has 0 aromatic heterocycles. The predicted octanol–water partition coefficient (Wildman–Crippen LogP) is 3.84. The number of nitrogens with zero attached hydrogens (tertiary/aromatic N) is 1. The molecule has 1 aromatic carbocycles. The Labute approximate surface area is 130 Å². The van der Waals surface area contributed by atoms with Crippen LogP contribution < -0.4 is 5.32 Å². The maximum atomic E-state index is 13.4. The molecule has 0 aliphatic carbocycles. The lowest BCUT2D eigenvalue weighted by Crippen LogP contribution is -2.57. The maximum Gasteiger partial charge on any atom is 0.123 e. The lowest BCUT2D eigenvalue weighted by molar-refractivity contribution is 0.0943. The van der Waals surface area contributed by atoms with Crippen LogP contribution in [0.15, 0.2) is 22.7 Å². The summed E-state index contributed by atoms with van der Waals surface area (Å²) >= 11 is 3.52. The van der Waals surface area contributed by atoms with Gasteiger partial charge in [-0.1, -0.05) is 29.8 Å². The van der Waals surface area contributed by atoms with Crippen molar-refractivity contribution in [3.8, 4) is 0 Å². The summed E-state index contributed by atoms with van der Waals surface area (Å²) in [5.41, 5.74) is 1.01. The van der Waals surface area contributed by atoms with Gasteiger partial charge in [0.05, 0.1) is 0 Å². The third-order valence-electron chi connectivity index (χ3n) is 4.21. The lowest BCUT2D eigenvalue weighted by Gasteiger charge is -2.43. The largest absolute Gasteiger partial charge is 0.315 e. The van der Waals surface area contributed by atoms with Gasteiger partial charge in [0.2, 0.25) is 0 Å². The van der Waals surface area contributed by atoms with Crippen LogP contribution in [0.4, 0.5) is 4.39 Å². The fraction of sp³-hybridized carbons (Fsp3) is 0.625. The minimum Gasteiger partial charge on any atom is -0.315 e. The van der Waals surface area contributed by atoms with Crippen molar-refractivity contribution in [3.63, 3.8) is 0 Å². The summed E-state index contributed by atoms with van der Waals surface area (Å²) in [6, 6.07) is 5.13. The zero-order valence-electron chi connectivity index (χ0n) is 13.1. The fourth-order valence-corrected chi connectivity index (χ4v) is 3.29. The van der Waals surface area contributed by atoms with Gasteiger partial charge in [0, 0.05) is 16.1 Å². The molecule has 0 fully saturated rings. The van der Waals surface area contributed by atoms with E-state index < -0.39 is 0 Å². The monoisotopic (exact) mass is 344 g/mol. The number of rotatable bonds is 7. The van der Waals surface area contributed by atoms with Gasteiger partial charge >= 0.3 is 0 Å². The van der Waals surface area contributed by atoms with E-state index in [2.05, 4.69) is 53.8 Å². The second-order valence-electron chi connectivity index (χ2n) is 5.61. The third kappa shape index (κ3) is 4.03. The highest BCUT2D eigenvalue weighted by Gasteiger charge is 2.33. The zero-order chi connectivity index (χ0) is 15.3. The molecule has 0 heterocycles. The van der Waals surface area contributed by atoms with E-state index in [1.165, 1.54) is 6.07 Å². The third-order valence-corrected chi connectivity index (χ3v) is 4.99. The predicted molar refractivity (Wildman–Crippen MR) is 87.7 cm³/mol. The second kappa shape index (κ2) is 7.53. The second-order valence-corrected chi connectivity index (χ2v) is 6.46. The molecule has 0 saturated heterocycles. The van der Waals surface area contributed by atoms with Crippen molar-refractivity contribution in [3.05, 3.63) is 34.1 Å². The average Bonchev–Trinajstić information content (AvgIpc) is 2.40. The Morgan fingerprint density at radius 1 is 1.30 bits per heavy atom. The molecule has 4 heteroatoms. The maximum absolute atomic E-state index is 13.4. The Morgan fingerprint density at radius 3 is 2.40 bits per heavy atom. The first-order chi connectivity index (χ1) is 9.36. The summed E-state index contributed by atoms with van der Waals surface area (Å²) in [5, 5.41) is 3.40. The normalized spacial score (nSPS) is 13.8. The van der Waals surface area contributed by atoms with Gasteiger partial charge in [-0.15, -0.1) is 0 Å². The summed E-state index contributed by atoms with van der Waals surface area (Å²) in [6.45, 7) is 10.9. The minimum absolute atomic E-state index is 0.00398. The number of hydrogen-bond acceptors (Lipinski definition) is 2. The van der Waals surface area contributed by atoms with Crippen molar-refractivity contribution in [1.82, 2.24) is 10.2 Å². The molecule has 1 N–H and O–H groups in total. The lowest BCUT2D eigenvalue weighted by atomic mass is 9.87. The molecule has 0 aliphatic heterocycles. The molecule has 0 spiro atoms. The van der Waals surface area contributed by atoms with Gasteiger partial charge < -0.3 is 5.32 Å². The van der Waals surface area contributed by atoms with Crippen LogP contribution in [0.25, 0.3) is 0 Å². The summed E-state index contributed by atoms with van der Waals surface area (Å²) < 4.78 is 14.4. The van der Waals surface area contributed by atoms with Gasteiger partial charge in [-0.25, -0.2) is 4.39 Å². The quantitative estimate of drug-likeness (QED) is 0.808. The van der Waals surface area contributed by atoms with Crippen molar-refractivity contribution in [2.45, 2.75) is 45.7 Å². The van der Waals surface area contributed by atoms with Gasteiger partial charge in [-0.3, -0.25) is 4.90 Å². The van der Waals surface area contributed by atoms with Crippen molar-refractivity contribution >= 4 is 15.9 Å². The van der Waals surface area contributed by atoms with E-state index >= 15 is 0 Å². The first kappa shape index (κ1) is 17.6. The molecular weight excluding hydrogens is 319 g/mol. The van der Waals surface area contributed by atoms with Crippen LogP contribution in [-0.2, 0) is 6.42 Å². The Morgan fingerprint density at radius 2 is 1.90 bits per heavy atom. The molecule has 0 radical (unpaired) electrons. The average molecular weight is 345 g/mol. The Bertz CT molecular complexity index is 430. The van der Waals surface area contributed by atoms with Gasteiger partial charge in [0.1, 0.15) is 5.82 Å². The summed E-state index contributed by atoms with van der Waals surface area (Å²) in [4.78, 5) is 2.43. The highest BCUT2D eigenvalue weighted by atomic mass is 79.9. The van der Waals surface area contributed by atoms with Crippen LogP contribution in [0.2, 0.25) is 0 Å². The molecule has 0 aliphatic rings. The topological polar surface area (TPSA) is 15.3 Å². The van der Waals surface area contributed by atoms with Gasteiger partial charge in [-0.2, -0.15) is 0 Å². The number of benzene rings is 1. The fourth-order valence-electron chi connectivity index (χ4n) is 2.88. The number of hydrogen-bond donors (Lipinski definition) is 1. The van der Waals surface area contributed by atoms with Crippen LogP contribution in [0.3, 0.4) is 0 Å². The molecule has 1 rings (SSSR count). The van der Waals surface area contributed by atoms with Crippen molar-refractivity contribution in [2.24, 2.45) is 0 Å². The van der Waals surface area contributed by atoms with Crippen molar-refractivity contribution < 1.29 is 4.39 Å². The first-order valence-electron chi connectivity index (χ1n) is 7.23. The van der Waals surface area contributed by atoms with E-state index in [0.717, 1.165) is 29.5 Å². The van der Waals surface area contributed by atoms with Gasteiger partial charge in [0.25, 0.3) is 0 Å². The molecule has 20 heavy (non-hydrogen) atoms. The van der Waals surface area contributed by atoms with E-state index in [0.29, 0.717) is 0 Å². The molecule has 1 atom stereocenters. The molecule has 0 bridgehead atoms. The van der Waals surface area contributed by atoms with Crippen molar-refractivity contribution in [2.75, 3.05) is 20.1 Å². The first-order valence-corrected chi connectivity index (χ1v) is 8.02. The molecule has 1 aromatic rings. The molecule has 2 nitrogen and oxygen atoms in total. The van der Waals surface area contributed by atoms with E-state index in [4.69, 9.17) is 0 Å². The number of halogens is 2.